The van der Waals surface area contributed by atoms with E-state index in [1.807, 2.05) is 33.0 Å². The van der Waals surface area contributed by atoms with Crippen molar-refractivity contribution in [1.82, 2.24) is 14.5 Å². The van der Waals surface area contributed by atoms with Crippen molar-refractivity contribution >= 4 is 11.4 Å². The number of nitrogens with one attached hydrogen (secondary N) is 1. The van der Waals surface area contributed by atoms with E-state index >= 15 is 0 Å². The summed E-state index contributed by atoms with van der Waals surface area (Å²) in [4.78, 5) is 0. The molecule has 1 aromatic rings. The van der Waals surface area contributed by atoms with Gasteiger partial charge in [-0.2, -0.15) is 5.10 Å². The summed E-state index contributed by atoms with van der Waals surface area (Å²) < 4.78 is 17.4. The summed E-state index contributed by atoms with van der Waals surface area (Å²) in [5.41, 5.74) is 1.30. The quantitative estimate of drug-likeness (QED) is 0.849. The fourth-order valence-electron chi connectivity index (χ4n) is 2.44. The lowest BCUT2D eigenvalue weighted by atomic mass is 9.85. The third kappa shape index (κ3) is 2.98. The predicted octanol–water partition coefficient (Wildman–Crippen LogP) is 2.97. The van der Waals surface area contributed by atoms with E-state index in [9.17, 15) is 4.55 Å². The first-order valence-electron chi connectivity index (χ1n) is 6.82. The van der Waals surface area contributed by atoms with Gasteiger partial charge < -0.3 is 4.55 Å². The Morgan fingerprint density at radius 2 is 1.95 bits per heavy atom. The van der Waals surface area contributed by atoms with E-state index in [1.165, 1.54) is 0 Å². The molecule has 0 radical (unpaired) electrons. The summed E-state index contributed by atoms with van der Waals surface area (Å²) in [6, 6.07) is 2.52. The van der Waals surface area contributed by atoms with E-state index in [2.05, 4.69) is 35.3 Å². The van der Waals surface area contributed by atoms with Gasteiger partial charge in [-0.25, -0.2) is 0 Å². The third-order valence-corrected chi connectivity index (χ3v) is 5.23. The van der Waals surface area contributed by atoms with Gasteiger partial charge in [0.15, 0.2) is 0 Å². The molecule has 0 bridgehead atoms. The molecule has 2 heterocycles. The molecule has 3 atom stereocenters. The number of hydrogen-bond acceptors (Lipinski definition) is 3. The number of fused-ring (bicyclic) bond motifs is 1. The van der Waals surface area contributed by atoms with Crippen molar-refractivity contribution < 1.29 is 4.55 Å². The molecule has 0 aromatic carbocycles. The van der Waals surface area contributed by atoms with Crippen LogP contribution in [0.15, 0.2) is 12.3 Å². The highest BCUT2D eigenvalue weighted by molar-refractivity contribution is 7.90. The minimum absolute atomic E-state index is 0.131. The van der Waals surface area contributed by atoms with Crippen LogP contribution >= 0.6 is 0 Å². The molecule has 1 N–H and O–H groups in total. The number of hydrogen-bond donors (Lipinski definition) is 1. The summed E-state index contributed by atoms with van der Waals surface area (Å²) in [5.74, 6) is 0. The molecule has 0 saturated carbocycles. The van der Waals surface area contributed by atoms with Crippen LogP contribution in [-0.4, -0.2) is 19.1 Å². The molecular weight excluding hydrogens is 258 g/mol. The van der Waals surface area contributed by atoms with Crippen LogP contribution in [0.3, 0.4) is 0 Å². The van der Waals surface area contributed by atoms with E-state index < -0.39 is 11.4 Å². The second-order valence-corrected chi connectivity index (χ2v) is 9.37. The van der Waals surface area contributed by atoms with Gasteiger partial charge in [-0.1, -0.05) is 20.8 Å². The van der Waals surface area contributed by atoms with Gasteiger partial charge in [0.25, 0.3) is 0 Å². The zero-order valence-corrected chi connectivity index (χ0v) is 13.5. The van der Waals surface area contributed by atoms with Gasteiger partial charge in [-0.15, -0.1) is 4.72 Å². The number of nitrogens with zero attached hydrogens (tertiary/aromatic N) is 2. The van der Waals surface area contributed by atoms with Crippen LogP contribution in [0.4, 0.5) is 0 Å². The normalized spacial score (nSPS) is 25.4. The Balaban J connectivity index is 2.19. The first-order chi connectivity index (χ1) is 8.60. The summed E-state index contributed by atoms with van der Waals surface area (Å²) in [6.07, 6.45) is 2.79. The minimum Gasteiger partial charge on any atom is -0.598 e. The Hall–Kier alpha value is -0.520. The van der Waals surface area contributed by atoms with Crippen molar-refractivity contribution in [3.63, 3.8) is 0 Å². The minimum atomic E-state index is -1.05. The first kappa shape index (κ1) is 14.9. The molecule has 0 saturated heterocycles. The topological polar surface area (TPSA) is 52.9 Å². The summed E-state index contributed by atoms with van der Waals surface area (Å²) in [7, 11) is 0. The van der Waals surface area contributed by atoms with E-state index in [-0.39, 0.29) is 16.2 Å². The Kier molecular flexibility index (Phi) is 3.75. The van der Waals surface area contributed by atoms with Gasteiger partial charge in [0.2, 0.25) is 0 Å². The molecule has 19 heavy (non-hydrogen) atoms. The highest BCUT2D eigenvalue weighted by Gasteiger charge is 2.41. The molecule has 0 aliphatic carbocycles. The highest BCUT2D eigenvalue weighted by Crippen LogP contribution is 2.44. The Morgan fingerprint density at radius 1 is 1.32 bits per heavy atom. The van der Waals surface area contributed by atoms with E-state index in [4.69, 9.17) is 0 Å². The standard InChI is InChI=1S/C14H25N3OS/c1-13(2,3)12-9-10(11-7-8-15-17(11)12)16-19(18)14(4,5)6/h7-8,10,12,16H,9H2,1-6H3/t10-,12+,19?/m0/s1. The van der Waals surface area contributed by atoms with Crippen LogP contribution in [0.25, 0.3) is 0 Å². The van der Waals surface area contributed by atoms with E-state index in [0.29, 0.717) is 6.04 Å². The maximum Gasteiger partial charge on any atom is 0.136 e. The zero-order chi connectivity index (χ0) is 14.4. The van der Waals surface area contributed by atoms with Crippen molar-refractivity contribution in [1.29, 1.82) is 0 Å². The predicted molar refractivity (Wildman–Crippen MR) is 79.1 cm³/mol. The molecule has 0 amide bonds. The average molecular weight is 283 g/mol. The Morgan fingerprint density at radius 3 is 2.47 bits per heavy atom. The maximum atomic E-state index is 12.3. The van der Waals surface area contributed by atoms with Gasteiger partial charge in [-0.05, 0) is 38.7 Å². The molecule has 1 aliphatic rings. The molecule has 0 fully saturated rings. The van der Waals surface area contributed by atoms with E-state index in [0.717, 1.165) is 12.1 Å². The van der Waals surface area contributed by atoms with E-state index in [1.54, 1.807) is 0 Å². The molecule has 1 unspecified atom stereocenters. The third-order valence-electron chi connectivity index (χ3n) is 3.62. The molecule has 1 aromatic heterocycles. The molecule has 0 spiro atoms. The van der Waals surface area contributed by atoms with Crippen LogP contribution < -0.4 is 4.72 Å². The summed E-state index contributed by atoms with van der Waals surface area (Å²) in [6.45, 7) is 12.7. The fourth-order valence-corrected chi connectivity index (χ4v) is 3.27. The van der Waals surface area contributed by atoms with Crippen molar-refractivity contribution in [3.05, 3.63) is 18.0 Å². The average Bonchev–Trinajstić information content (AvgIpc) is 2.77. The van der Waals surface area contributed by atoms with Crippen LogP contribution in [0, 0.1) is 5.41 Å². The lowest BCUT2D eigenvalue weighted by Gasteiger charge is -2.28. The second kappa shape index (κ2) is 4.79. The van der Waals surface area contributed by atoms with Crippen LogP contribution in [0.5, 0.6) is 0 Å². The maximum absolute atomic E-state index is 12.3. The Bertz CT molecular complexity index is 444. The van der Waals surface area contributed by atoms with Crippen molar-refractivity contribution in [2.45, 2.75) is 64.8 Å². The van der Waals surface area contributed by atoms with Crippen LogP contribution in [0.2, 0.25) is 0 Å². The monoisotopic (exact) mass is 283 g/mol. The Labute approximate surface area is 119 Å². The van der Waals surface area contributed by atoms with Gasteiger partial charge in [0.05, 0.1) is 17.8 Å². The molecule has 108 valence electrons. The summed E-state index contributed by atoms with van der Waals surface area (Å²) >= 11 is -1.05. The SMILES string of the molecule is CC(C)(C)[C@H]1C[C@H](N[S+]([O-])C(C)(C)C)c2ccnn21. The molecule has 2 rings (SSSR count). The molecule has 1 aliphatic heterocycles. The zero-order valence-electron chi connectivity index (χ0n) is 12.7. The smallest absolute Gasteiger partial charge is 0.136 e. The van der Waals surface area contributed by atoms with Crippen LogP contribution in [0.1, 0.15) is 65.7 Å². The molecular formula is C14H25N3OS. The largest absolute Gasteiger partial charge is 0.598 e. The lowest BCUT2D eigenvalue weighted by molar-refractivity contribution is 0.229. The number of aromatic nitrogens is 2. The van der Waals surface area contributed by atoms with Gasteiger partial charge in [0, 0.05) is 17.6 Å². The molecule has 4 nitrogen and oxygen atoms in total. The summed E-state index contributed by atoms with van der Waals surface area (Å²) in [5, 5.41) is 4.44. The van der Waals surface area contributed by atoms with Crippen molar-refractivity contribution in [3.8, 4) is 0 Å². The second-order valence-electron chi connectivity index (χ2n) is 7.37. The van der Waals surface area contributed by atoms with Gasteiger partial charge in [0.1, 0.15) is 4.75 Å². The van der Waals surface area contributed by atoms with Crippen molar-refractivity contribution in [2.75, 3.05) is 0 Å². The number of rotatable bonds is 2. The molecule has 5 heteroatoms. The fraction of sp³-hybridized carbons (Fsp3) is 0.786. The lowest BCUT2D eigenvalue weighted by Crippen LogP contribution is -2.40. The van der Waals surface area contributed by atoms with Crippen molar-refractivity contribution in [2.24, 2.45) is 5.41 Å². The highest BCUT2D eigenvalue weighted by atomic mass is 32.2. The van der Waals surface area contributed by atoms with Gasteiger partial charge >= 0.3 is 0 Å². The van der Waals surface area contributed by atoms with Gasteiger partial charge in [-0.3, -0.25) is 4.68 Å². The van der Waals surface area contributed by atoms with Crippen LogP contribution in [-0.2, 0) is 11.4 Å². The first-order valence-corrected chi connectivity index (χ1v) is 7.97.